The first-order valence-corrected chi connectivity index (χ1v) is 10.5. The lowest BCUT2D eigenvalue weighted by Crippen LogP contribution is -2.43. The van der Waals surface area contributed by atoms with Gasteiger partial charge in [0.25, 0.3) is 5.91 Å². The SMILES string of the molecule is O=C(Nc1ccc(N2CCCCC2)nc1)[C@@H]1CCCN1C(=O)c1cccs1. The van der Waals surface area contributed by atoms with Gasteiger partial charge in [0.1, 0.15) is 11.9 Å². The maximum absolute atomic E-state index is 12.7. The number of pyridine rings is 1. The summed E-state index contributed by atoms with van der Waals surface area (Å²) in [5.74, 6) is 0.772. The van der Waals surface area contributed by atoms with E-state index in [1.54, 1.807) is 11.1 Å². The molecule has 6 nitrogen and oxygen atoms in total. The zero-order valence-corrected chi connectivity index (χ0v) is 16.1. The first kappa shape index (κ1) is 18.0. The minimum absolute atomic E-state index is 0.0544. The van der Waals surface area contributed by atoms with Gasteiger partial charge in [-0.3, -0.25) is 9.59 Å². The fourth-order valence-corrected chi connectivity index (χ4v) is 4.50. The molecule has 142 valence electrons. The topological polar surface area (TPSA) is 65.5 Å². The van der Waals surface area contributed by atoms with Crippen LogP contribution in [0.4, 0.5) is 11.5 Å². The van der Waals surface area contributed by atoms with Crippen molar-refractivity contribution in [2.75, 3.05) is 29.9 Å². The highest BCUT2D eigenvalue weighted by Gasteiger charge is 2.34. The number of anilines is 2. The third kappa shape index (κ3) is 3.98. The van der Waals surface area contributed by atoms with Gasteiger partial charge in [0.2, 0.25) is 5.91 Å². The van der Waals surface area contributed by atoms with E-state index in [1.807, 2.05) is 29.6 Å². The summed E-state index contributed by atoms with van der Waals surface area (Å²) in [5.41, 5.74) is 0.677. The van der Waals surface area contributed by atoms with Gasteiger partial charge in [-0.05, 0) is 55.7 Å². The third-order valence-corrected chi connectivity index (χ3v) is 6.10. The van der Waals surface area contributed by atoms with Crippen molar-refractivity contribution in [3.05, 3.63) is 40.7 Å². The molecule has 2 saturated heterocycles. The van der Waals surface area contributed by atoms with E-state index >= 15 is 0 Å². The monoisotopic (exact) mass is 384 g/mol. The van der Waals surface area contributed by atoms with E-state index in [2.05, 4.69) is 15.2 Å². The van der Waals surface area contributed by atoms with Gasteiger partial charge >= 0.3 is 0 Å². The van der Waals surface area contributed by atoms with Gasteiger partial charge in [-0.15, -0.1) is 11.3 Å². The minimum Gasteiger partial charge on any atom is -0.357 e. The average molecular weight is 385 g/mol. The Morgan fingerprint density at radius 2 is 1.93 bits per heavy atom. The third-order valence-electron chi connectivity index (χ3n) is 5.24. The number of piperidine rings is 1. The Bertz CT molecular complexity index is 785. The molecule has 2 fully saturated rings. The quantitative estimate of drug-likeness (QED) is 0.878. The number of carbonyl (C=O) groups is 2. The lowest BCUT2D eigenvalue weighted by Gasteiger charge is -2.27. The van der Waals surface area contributed by atoms with Crippen LogP contribution in [0.3, 0.4) is 0 Å². The number of aromatic nitrogens is 1. The molecular weight excluding hydrogens is 360 g/mol. The second-order valence-corrected chi connectivity index (χ2v) is 8.02. The van der Waals surface area contributed by atoms with E-state index in [4.69, 9.17) is 0 Å². The van der Waals surface area contributed by atoms with E-state index in [9.17, 15) is 9.59 Å². The molecule has 0 aliphatic carbocycles. The van der Waals surface area contributed by atoms with Gasteiger partial charge in [-0.25, -0.2) is 4.98 Å². The highest BCUT2D eigenvalue weighted by Crippen LogP contribution is 2.24. The summed E-state index contributed by atoms with van der Waals surface area (Å²) in [6, 6.07) is 7.11. The number of hydrogen-bond acceptors (Lipinski definition) is 5. The summed E-state index contributed by atoms with van der Waals surface area (Å²) in [6.07, 6.45) is 6.95. The number of carbonyl (C=O) groups excluding carboxylic acids is 2. The number of nitrogens with one attached hydrogen (secondary N) is 1. The summed E-state index contributed by atoms with van der Waals surface area (Å²) in [7, 11) is 0. The van der Waals surface area contributed by atoms with Crippen LogP contribution in [0.5, 0.6) is 0 Å². The molecule has 1 N–H and O–H groups in total. The fraction of sp³-hybridized carbons (Fsp3) is 0.450. The minimum atomic E-state index is -0.415. The van der Waals surface area contributed by atoms with Gasteiger partial charge in [0.05, 0.1) is 16.8 Å². The number of thiophene rings is 1. The highest BCUT2D eigenvalue weighted by molar-refractivity contribution is 7.12. The van der Waals surface area contributed by atoms with E-state index < -0.39 is 6.04 Å². The van der Waals surface area contributed by atoms with Crippen molar-refractivity contribution in [3.63, 3.8) is 0 Å². The van der Waals surface area contributed by atoms with Crippen LogP contribution in [0.2, 0.25) is 0 Å². The Labute approximate surface area is 163 Å². The van der Waals surface area contributed by atoms with E-state index in [-0.39, 0.29) is 11.8 Å². The van der Waals surface area contributed by atoms with Gasteiger partial charge in [0.15, 0.2) is 0 Å². The lowest BCUT2D eigenvalue weighted by atomic mass is 10.1. The molecular formula is C20H24N4O2S. The zero-order chi connectivity index (χ0) is 18.6. The average Bonchev–Trinajstić information content (AvgIpc) is 3.41. The molecule has 2 aromatic rings. The van der Waals surface area contributed by atoms with Crippen LogP contribution in [0.1, 0.15) is 41.8 Å². The van der Waals surface area contributed by atoms with E-state index in [1.165, 1.54) is 30.6 Å². The zero-order valence-electron chi connectivity index (χ0n) is 15.3. The van der Waals surface area contributed by atoms with E-state index in [0.717, 1.165) is 25.3 Å². The summed E-state index contributed by atoms with van der Waals surface area (Å²) in [4.78, 5) is 34.5. The largest absolute Gasteiger partial charge is 0.357 e. The summed E-state index contributed by atoms with van der Waals surface area (Å²) in [6.45, 7) is 2.71. The van der Waals surface area contributed by atoms with Crippen molar-refractivity contribution >= 4 is 34.7 Å². The number of rotatable bonds is 4. The predicted octanol–water partition coefficient (Wildman–Crippen LogP) is 3.38. The molecule has 1 atom stereocenters. The smallest absolute Gasteiger partial charge is 0.264 e. The molecule has 0 spiro atoms. The van der Waals surface area contributed by atoms with Crippen LogP contribution in [0.25, 0.3) is 0 Å². The highest BCUT2D eigenvalue weighted by atomic mass is 32.1. The van der Waals surface area contributed by atoms with Gasteiger partial charge in [-0.2, -0.15) is 0 Å². The van der Waals surface area contributed by atoms with Crippen LogP contribution in [-0.4, -0.2) is 47.4 Å². The molecule has 7 heteroatoms. The van der Waals surface area contributed by atoms with Crippen LogP contribution in [0, 0.1) is 0 Å². The maximum Gasteiger partial charge on any atom is 0.264 e. The Morgan fingerprint density at radius 3 is 2.63 bits per heavy atom. The number of nitrogens with zero attached hydrogens (tertiary/aromatic N) is 3. The lowest BCUT2D eigenvalue weighted by molar-refractivity contribution is -0.119. The van der Waals surface area contributed by atoms with Crippen molar-refractivity contribution in [3.8, 4) is 0 Å². The van der Waals surface area contributed by atoms with Crippen molar-refractivity contribution in [1.29, 1.82) is 0 Å². The molecule has 4 rings (SSSR count). The summed E-state index contributed by atoms with van der Waals surface area (Å²) < 4.78 is 0. The molecule has 0 saturated carbocycles. The Morgan fingerprint density at radius 1 is 1.07 bits per heavy atom. The molecule has 2 aliphatic rings. The summed E-state index contributed by atoms with van der Waals surface area (Å²) >= 11 is 1.41. The molecule has 0 unspecified atom stereocenters. The fourth-order valence-electron chi connectivity index (χ4n) is 3.82. The van der Waals surface area contributed by atoms with Crippen molar-refractivity contribution in [1.82, 2.24) is 9.88 Å². The van der Waals surface area contributed by atoms with Crippen molar-refractivity contribution in [2.45, 2.75) is 38.1 Å². The van der Waals surface area contributed by atoms with E-state index in [0.29, 0.717) is 23.5 Å². The van der Waals surface area contributed by atoms with Gasteiger partial charge in [-0.1, -0.05) is 6.07 Å². The molecule has 0 radical (unpaired) electrons. The molecule has 2 aliphatic heterocycles. The maximum atomic E-state index is 12.7. The first-order chi connectivity index (χ1) is 13.2. The Kier molecular flexibility index (Phi) is 5.38. The number of likely N-dealkylation sites (tertiary alicyclic amines) is 1. The molecule has 4 heterocycles. The number of amides is 2. The van der Waals surface area contributed by atoms with Crippen molar-refractivity contribution in [2.24, 2.45) is 0 Å². The van der Waals surface area contributed by atoms with Gasteiger partial charge < -0.3 is 15.1 Å². The predicted molar refractivity (Wildman–Crippen MR) is 107 cm³/mol. The summed E-state index contributed by atoms with van der Waals surface area (Å²) in [5, 5.41) is 4.82. The Balaban J connectivity index is 1.40. The van der Waals surface area contributed by atoms with Crippen LogP contribution in [0.15, 0.2) is 35.8 Å². The molecule has 2 amide bonds. The second-order valence-electron chi connectivity index (χ2n) is 7.08. The van der Waals surface area contributed by atoms with Crippen molar-refractivity contribution < 1.29 is 9.59 Å². The molecule has 2 aromatic heterocycles. The normalized spacial score (nSPS) is 19.9. The molecule has 0 aromatic carbocycles. The van der Waals surface area contributed by atoms with Crippen LogP contribution >= 0.6 is 11.3 Å². The first-order valence-electron chi connectivity index (χ1n) is 9.59. The number of hydrogen-bond donors (Lipinski definition) is 1. The Hall–Kier alpha value is -2.41. The van der Waals surface area contributed by atoms with Gasteiger partial charge in [0, 0.05) is 19.6 Å². The standard InChI is InChI=1S/C20H24N4O2S/c25-19(16-6-4-12-24(16)20(26)17-7-5-13-27-17)22-15-8-9-18(21-14-15)23-10-2-1-3-11-23/h5,7-9,13-14,16H,1-4,6,10-12H2,(H,22,25)/t16-/m0/s1. The van der Waals surface area contributed by atoms with Crippen LogP contribution < -0.4 is 10.2 Å². The molecule has 27 heavy (non-hydrogen) atoms. The molecule has 0 bridgehead atoms. The second kappa shape index (κ2) is 8.08. The van der Waals surface area contributed by atoms with Crippen LogP contribution in [-0.2, 0) is 4.79 Å².